The molecule has 0 unspecified atom stereocenters. The Morgan fingerprint density at radius 3 is 2.37 bits per heavy atom. The first-order valence-electron chi connectivity index (χ1n) is 9.14. The fourth-order valence-electron chi connectivity index (χ4n) is 2.92. The molecule has 4 rings (SSSR count). The second-order valence-electron chi connectivity index (χ2n) is 6.48. The highest BCUT2D eigenvalue weighted by atomic mass is 32.2. The molecule has 8 nitrogen and oxygen atoms in total. The topological polar surface area (TPSA) is 123 Å². The third kappa shape index (κ3) is 4.06. The molecule has 0 saturated carbocycles. The minimum absolute atomic E-state index is 0.168. The number of aromatic nitrogens is 2. The van der Waals surface area contributed by atoms with Crippen molar-refractivity contribution < 1.29 is 18.3 Å². The average Bonchev–Trinajstić information content (AvgIpc) is 3.25. The van der Waals surface area contributed by atoms with Gasteiger partial charge >= 0.3 is 5.97 Å². The highest BCUT2D eigenvalue weighted by molar-refractivity contribution is 7.92. The normalized spacial score (nSPS) is 11.1. The molecule has 0 aliphatic rings. The van der Waals surface area contributed by atoms with Gasteiger partial charge in [-0.15, -0.1) is 0 Å². The first-order chi connectivity index (χ1) is 14.3. The minimum atomic E-state index is -3.71. The maximum absolute atomic E-state index is 13.0. The smallest absolute Gasteiger partial charge is 0.303 e. The van der Waals surface area contributed by atoms with Crippen molar-refractivity contribution in [2.45, 2.75) is 18.2 Å². The Hall–Kier alpha value is -3.59. The van der Waals surface area contributed by atoms with Crippen molar-refractivity contribution in [3.63, 3.8) is 0 Å². The SMILES string of the molecule is CCC(=O)O.CN(c1ccccc1)S(=O)(=O)c1ccc2[nH]c(=O)c3[nH]ccc3c2c1. The highest BCUT2D eigenvalue weighted by Crippen LogP contribution is 2.27. The summed E-state index contributed by atoms with van der Waals surface area (Å²) in [5.74, 6) is -0.745. The van der Waals surface area contributed by atoms with Crippen LogP contribution in [-0.4, -0.2) is 36.5 Å². The van der Waals surface area contributed by atoms with Gasteiger partial charge in [0.15, 0.2) is 0 Å². The molecular weight excluding hydrogens is 406 g/mol. The number of sulfonamides is 1. The summed E-state index contributed by atoms with van der Waals surface area (Å²) in [4.78, 5) is 27.2. The lowest BCUT2D eigenvalue weighted by Gasteiger charge is -2.19. The van der Waals surface area contributed by atoms with Crippen molar-refractivity contribution in [3.05, 3.63) is 71.1 Å². The summed E-state index contributed by atoms with van der Waals surface area (Å²) in [5, 5.41) is 9.09. The number of carboxylic acid groups (broad SMARTS) is 1. The molecule has 2 aromatic heterocycles. The second kappa shape index (κ2) is 8.42. The quantitative estimate of drug-likeness (QED) is 0.461. The van der Waals surface area contributed by atoms with Gasteiger partial charge in [0.1, 0.15) is 5.52 Å². The van der Waals surface area contributed by atoms with Gasteiger partial charge < -0.3 is 15.1 Å². The number of hydrogen-bond donors (Lipinski definition) is 3. The zero-order valence-corrected chi connectivity index (χ0v) is 17.2. The summed E-state index contributed by atoms with van der Waals surface area (Å²) >= 11 is 0. The van der Waals surface area contributed by atoms with Crippen LogP contribution in [0.25, 0.3) is 21.8 Å². The van der Waals surface area contributed by atoms with E-state index in [0.717, 1.165) is 0 Å². The molecule has 0 saturated heterocycles. The lowest BCUT2D eigenvalue weighted by atomic mass is 10.1. The molecule has 3 N–H and O–H groups in total. The standard InChI is InChI=1S/C18H15N3O3S.C3H6O2/c1-21(12-5-3-2-4-6-12)25(23,24)13-7-8-16-15(11-13)14-9-10-19-17(14)18(22)20-16;1-2-3(4)5/h2-11,19H,1H3,(H,20,22);2H2,1H3,(H,4,5). The minimum Gasteiger partial charge on any atom is -0.481 e. The first-order valence-corrected chi connectivity index (χ1v) is 10.6. The van der Waals surface area contributed by atoms with Gasteiger partial charge in [-0.3, -0.25) is 13.9 Å². The molecule has 4 aromatic rings. The Morgan fingerprint density at radius 2 is 1.73 bits per heavy atom. The van der Waals surface area contributed by atoms with Gasteiger partial charge in [0.2, 0.25) is 0 Å². The number of nitrogens with zero attached hydrogens (tertiary/aromatic N) is 1. The number of anilines is 1. The van der Waals surface area contributed by atoms with E-state index < -0.39 is 16.0 Å². The number of nitrogens with one attached hydrogen (secondary N) is 2. The summed E-state index contributed by atoms with van der Waals surface area (Å²) in [5.41, 5.74) is 1.37. The van der Waals surface area contributed by atoms with Crippen molar-refractivity contribution >= 4 is 43.5 Å². The van der Waals surface area contributed by atoms with Crippen LogP contribution in [0.2, 0.25) is 0 Å². The Morgan fingerprint density at radius 1 is 1.07 bits per heavy atom. The monoisotopic (exact) mass is 427 g/mol. The molecule has 2 aromatic carbocycles. The number of rotatable bonds is 4. The average molecular weight is 427 g/mol. The van der Waals surface area contributed by atoms with Crippen molar-refractivity contribution in [1.29, 1.82) is 0 Å². The van der Waals surface area contributed by atoms with Gasteiger partial charge in [0.25, 0.3) is 15.6 Å². The molecule has 0 aliphatic carbocycles. The predicted octanol–water partition coefficient (Wildman–Crippen LogP) is 3.32. The van der Waals surface area contributed by atoms with E-state index in [9.17, 15) is 18.0 Å². The lowest BCUT2D eigenvalue weighted by Crippen LogP contribution is -2.26. The molecule has 0 fully saturated rings. The molecule has 9 heteroatoms. The fourth-order valence-corrected chi connectivity index (χ4v) is 4.14. The number of hydrogen-bond acceptors (Lipinski definition) is 4. The van der Waals surface area contributed by atoms with Gasteiger partial charge in [-0.2, -0.15) is 0 Å². The molecule has 2 heterocycles. The van der Waals surface area contributed by atoms with E-state index in [1.165, 1.54) is 17.4 Å². The van der Waals surface area contributed by atoms with Crippen LogP contribution in [0.3, 0.4) is 0 Å². The van der Waals surface area contributed by atoms with Gasteiger partial charge in [-0.05, 0) is 36.4 Å². The molecular formula is C21H21N3O5S. The molecule has 0 amide bonds. The third-order valence-electron chi connectivity index (χ3n) is 4.58. The van der Waals surface area contributed by atoms with E-state index in [1.807, 2.05) is 6.07 Å². The highest BCUT2D eigenvalue weighted by Gasteiger charge is 2.22. The summed E-state index contributed by atoms with van der Waals surface area (Å²) in [6.45, 7) is 1.60. The van der Waals surface area contributed by atoms with Gasteiger partial charge in [0.05, 0.1) is 10.6 Å². The number of pyridine rings is 1. The molecule has 0 bridgehead atoms. The molecule has 0 radical (unpaired) electrons. The Labute approximate surface area is 172 Å². The van der Waals surface area contributed by atoms with Crippen molar-refractivity contribution in [1.82, 2.24) is 9.97 Å². The van der Waals surface area contributed by atoms with Gasteiger partial charge in [-0.25, -0.2) is 8.42 Å². The summed E-state index contributed by atoms with van der Waals surface area (Å²) in [6.07, 6.45) is 1.89. The second-order valence-corrected chi connectivity index (χ2v) is 8.45. The Balaban J connectivity index is 0.000000461. The maximum atomic E-state index is 13.0. The number of H-pyrrole nitrogens is 2. The molecule has 156 valence electrons. The van der Waals surface area contributed by atoms with Crippen LogP contribution in [0, 0.1) is 0 Å². The van der Waals surface area contributed by atoms with E-state index in [-0.39, 0.29) is 16.9 Å². The number of benzene rings is 2. The zero-order chi connectivity index (χ0) is 21.9. The van der Waals surface area contributed by atoms with Crippen LogP contribution in [0.15, 0.2) is 70.5 Å². The first kappa shape index (κ1) is 21.1. The molecule has 30 heavy (non-hydrogen) atoms. The van der Waals surface area contributed by atoms with E-state index in [1.54, 1.807) is 55.6 Å². The third-order valence-corrected chi connectivity index (χ3v) is 6.37. The Kier molecular flexibility index (Phi) is 5.93. The summed E-state index contributed by atoms with van der Waals surface area (Å²) < 4.78 is 27.2. The van der Waals surface area contributed by atoms with E-state index in [2.05, 4.69) is 9.97 Å². The number of aromatic amines is 2. The maximum Gasteiger partial charge on any atom is 0.303 e. The summed E-state index contributed by atoms with van der Waals surface area (Å²) in [6, 6.07) is 15.4. The number of fused-ring (bicyclic) bond motifs is 3. The lowest BCUT2D eigenvalue weighted by molar-refractivity contribution is -0.136. The largest absolute Gasteiger partial charge is 0.481 e. The van der Waals surface area contributed by atoms with E-state index >= 15 is 0 Å². The van der Waals surface area contributed by atoms with Crippen molar-refractivity contribution in [2.24, 2.45) is 0 Å². The van der Waals surface area contributed by atoms with Crippen LogP contribution < -0.4 is 9.86 Å². The van der Waals surface area contributed by atoms with Crippen molar-refractivity contribution in [3.8, 4) is 0 Å². The number of para-hydroxylation sites is 1. The van der Waals surface area contributed by atoms with Crippen LogP contribution in [0.1, 0.15) is 13.3 Å². The molecule has 0 aliphatic heterocycles. The summed E-state index contributed by atoms with van der Waals surface area (Å²) in [7, 11) is -2.19. The number of carbonyl (C=O) groups is 1. The predicted molar refractivity (Wildman–Crippen MR) is 116 cm³/mol. The molecule has 0 spiro atoms. The number of carboxylic acids is 1. The van der Waals surface area contributed by atoms with E-state index in [4.69, 9.17) is 5.11 Å². The van der Waals surface area contributed by atoms with Crippen LogP contribution >= 0.6 is 0 Å². The van der Waals surface area contributed by atoms with Crippen LogP contribution in [0.5, 0.6) is 0 Å². The van der Waals surface area contributed by atoms with Crippen molar-refractivity contribution in [2.75, 3.05) is 11.4 Å². The van der Waals surface area contributed by atoms with Gasteiger partial charge in [0, 0.05) is 36.0 Å². The van der Waals surface area contributed by atoms with Gasteiger partial charge in [-0.1, -0.05) is 25.1 Å². The molecule has 0 atom stereocenters. The van der Waals surface area contributed by atoms with E-state index in [0.29, 0.717) is 27.5 Å². The van der Waals surface area contributed by atoms with Crippen LogP contribution in [0.4, 0.5) is 5.69 Å². The van der Waals surface area contributed by atoms with Crippen LogP contribution in [-0.2, 0) is 14.8 Å². The zero-order valence-electron chi connectivity index (χ0n) is 16.4. The fraction of sp³-hybridized carbons (Fsp3) is 0.143. The Bertz CT molecular complexity index is 1360. The number of aliphatic carboxylic acids is 1.